The van der Waals surface area contributed by atoms with Gasteiger partial charge in [-0.25, -0.2) is 0 Å². The van der Waals surface area contributed by atoms with Crippen LogP contribution in [0.5, 0.6) is 0 Å². The molecule has 1 aliphatic heterocycles. The van der Waals surface area contributed by atoms with Gasteiger partial charge in [0, 0.05) is 23.9 Å². The van der Waals surface area contributed by atoms with Gasteiger partial charge in [-0.05, 0) is 30.4 Å². The van der Waals surface area contributed by atoms with E-state index >= 15 is 0 Å². The molecule has 0 radical (unpaired) electrons. The van der Waals surface area contributed by atoms with Crippen molar-refractivity contribution in [2.24, 2.45) is 0 Å². The number of hydrogen-bond acceptors (Lipinski definition) is 2. The lowest BCUT2D eigenvalue weighted by Crippen LogP contribution is -2.27. The van der Waals surface area contributed by atoms with Gasteiger partial charge < -0.3 is 9.69 Å². The Kier molecular flexibility index (Phi) is 4.00. The molecule has 21 heavy (non-hydrogen) atoms. The van der Waals surface area contributed by atoms with Gasteiger partial charge in [0.25, 0.3) is 5.91 Å². The lowest BCUT2D eigenvalue weighted by atomic mass is 10.1. The Bertz CT molecular complexity index is 673. The molecule has 0 aliphatic carbocycles. The van der Waals surface area contributed by atoms with Crippen molar-refractivity contribution in [1.29, 1.82) is 0 Å². The molecule has 0 atom stereocenters. The summed E-state index contributed by atoms with van der Waals surface area (Å²) in [6.07, 6.45) is 5.67. The standard InChI is InChI=1S/C18H19NO2/c20-13-5-3-1-2-4-12-19-16-11-7-9-14-8-6-10-15(17(14)16)18(19)21/h6-11,13H,1-5,12H2. The van der Waals surface area contributed by atoms with E-state index in [2.05, 4.69) is 12.1 Å². The maximum absolute atomic E-state index is 12.5. The average molecular weight is 281 g/mol. The Morgan fingerprint density at radius 1 is 0.952 bits per heavy atom. The summed E-state index contributed by atoms with van der Waals surface area (Å²) in [5.41, 5.74) is 1.87. The van der Waals surface area contributed by atoms with E-state index < -0.39 is 0 Å². The van der Waals surface area contributed by atoms with Gasteiger partial charge in [0.05, 0.1) is 5.69 Å². The van der Waals surface area contributed by atoms with Gasteiger partial charge >= 0.3 is 0 Å². The molecule has 0 unspecified atom stereocenters. The van der Waals surface area contributed by atoms with E-state index in [-0.39, 0.29) is 5.91 Å². The van der Waals surface area contributed by atoms with Crippen molar-refractivity contribution in [2.75, 3.05) is 11.4 Å². The van der Waals surface area contributed by atoms with E-state index in [0.717, 1.165) is 60.5 Å². The summed E-state index contributed by atoms with van der Waals surface area (Å²) in [7, 11) is 0. The predicted molar refractivity (Wildman–Crippen MR) is 84.8 cm³/mol. The minimum absolute atomic E-state index is 0.120. The summed E-state index contributed by atoms with van der Waals surface area (Å²) in [5.74, 6) is 0.120. The largest absolute Gasteiger partial charge is 0.308 e. The number of unbranched alkanes of at least 4 members (excludes halogenated alkanes) is 4. The smallest absolute Gasteiger partial charge is 0.258 e. The van der Waals surface area contributed by atoms with Gasteiger partial charge in [-0.3, -0.25) is 4.79 Å². The molecule has 0 N–H and O–H groups in total. The van der Waals surface area contributed by atoms with Gasteiger partial charge in [0.1, 0.15) is 6.29 Å². The number of hydrogen-bond donors (Lipinski definition) is 0. The highest BCUT2D eigenvalue weighted by Gasteiger charge is 2.28. The van der Waals surface area contributed by atoms with Crippen LogP contribution in [0, 0.1) is 0 Å². The summed E-state index contributed by atoms with van der Waals surface area (Å²) >= 11 is 0. The number of carbonyl (C=O) groups excluding carboxylic acids is 2. The zero-order valence-corrected chi connectivity index (χ0v) is 12.0. The van der Waals surface area contributed by atoms with E-state index in [4.69, 9.17) is 0 Å². The fraction of sp³-hybridized carbons (Fsp3) is 0.333. The van der Waals surface area contributed by atoms with E-state index in [1.807, 2.05) is 29.2 Å². The molecule has 2 aromatic carbocycles. The number of benzene rings is 2. The lowest BCUT2D eigenvalue weighted by molar-refractivity contribution is -0.107. The fourth-order valence-electron chi connectivity index (χ4n) is 3.05. The molecule has 1 amide bonds. The molecule has 108 valence electrons. The van der Waals surface area contributed by atoms with Gasteiger partial charge in [-0.15, -0.1) is 0 Å². The Morgan fingerprint density at radius 2 is 1.71 bits per heavy atom. The molecule has 3 heteroatoms. The first-order valence-corrected chi connectivity index (χ1v) is 7.60. The molecular weight excluding hydrogens is 262 g/mol. The van der Waals surface area contributed by atoms with Gasteiger partial charge in [-0.2, -0.15) is 0 Å². The van der Waals surface area contributed by atoms with Crippen LogP contribution in [0.1, 0.15) is 42.5 Å². The van der Waals surface area contributed by atoms with Crippen molar-refractivity contribution < 1.29 is 9.59 Å². The maximum Gasteiger partial charge on any atom is 0.258 e. The highest BCUT2D eigenvalue weighted by Crippen LogP contribution is 2.37. The second kappa shape index (κ2) is 6.08. The summed E-state index contributed by atoms with van der Waals surface area (Å²) in [6, 6.07) is 12.0. The second-order valence-electron chi connectivity index (χ2n) is 5.51. The third-order valence-electron chi connectivity index (χ3n) is 4.10. The van der Waals surface area contributed by atoms with Crippen LogP contribution in [0.4, 0.5) is 5.69 Å². The summed E-state index contributed by atoms with van der Waals surface area (Å²) in [5, 5.41) is 2.22. The Hall–Kier alpha value is -2.16. The van der Waals surface area contributed by atoms with Crippen LogP contribution in [-0.2, 0) is 4.79 Å². The van der Waals surface area contributed by atoms with Crippen LogP contribution < -0.4 is 4.90 Å². The van der Waals surface area contributed by atoms with Crippen LogP contribution in [-0.4, -0.2) is 18.7 Å². The molecule has 0 saturated carbocycles. The Labute approximate surface area is 124 Å². The highest BCUT2D eigenvalue weighted by molar-refractivity contribution is 6.24. The SMILES string of the molecule is O=CCCCCCCN1C(=O)c2cccc3cccc1c23. The fourth-order valence-corrected chi connectivity index (χ4v) is 3.05. The second-order valence-corrected chi connectivity index (χ2v) is 5.51. The van der Waals surface area contributed by atoms with Crippen LogP contribution in [0.3, 0.4) is 0 Å². The predicted octanol–water partition coefficient (Wildman–Crippen LogP) is 3.95. The molecule has 0 aromatic heterocycles. The zero-order valence-electron chi connectivity index (χ0n) is 12.0. The van der Waals surface area contributed by atoms with Gasteiger partial charge in [-0.1, -0.05) is 37.1 Å². The number of carbonyl (C=O) groups is 2. The molecule has 2 aromatic rings. The monoisotopic (exact) mass is 281 g/mol. The third kappa shape index (κ3) is 2.56. The Morgan fingerprint density at radius 3 is 2.52 bits per heavy atom. The van der Waals surface area contributed by atoms with Crippen LogP contribution >= 0.6 is 0 Å². The van der Waals surface area contributed by atoms with E-state index in [1.54, 1.807) is 0 Å². The first-order chi connectivity index (χ1) is 10.3. The minimum atomic E-state index is 0.120. The van der Waals surface area contributed by atoms with Crippen LogP contribution in [0.15, 0.2) is 36.4 Å². The number of aldehydes is 1. The number of amides is 1. The zero-order chi connectivity index (χ0) is 14.7. The van der Waals surface area contributed by atoms with Crippen LogP contribution in [0.2, 0.25) is 0 Å². The molecule has 0 bridgehead atoms. The molecule has 1 aliphatic rings. The molecule has 0 spiro atoms. The average Bonchev–Trinajstić information content (AvgIpc) is 2.79. The van der Waals surface area contributed by atoms with E-state index in [0.29, 0.717) is 6.42 Å². The normalized spacial score (nSPS) is 13.1. The molecule has 3 rings (SSSR count). The van der Waals surface area contributed by atoms with Crippen molar-refractivity contribution in [3.8, 4) is 0 Å². The van der Waals surface area contributed by atoms with Crippen molar-refractivity contribution in [3.05, 3.63) is 42.0 Å². The molecular formula is C18H19NO2. The summed E-state index contributed by atoms with van der Waals surface area (Å²) in [4.78, 5) is 24.7. The van der Waals surface area contributed by atoms with Crippen molar-refractivity contribution in [3.63, 3.8) is 0 Å². The molecule has 1 heterocycles. The van der Waals surface area contributed by atoms with Gasteiger partial charge in [0.15, 0.2) is 0 Å². The Balaban J connectivity index is 1.70. The molecule has 3 nitrogen and oxygen atoms in total. The first kappa shape index (κ1) is 13.8. The van der Waals surface area contributed by atoms with Gasteiger partial charge in [0.2, 0.25) is 0 Å². The van der Waals surface area contributed by atoms with E-state index in [1.165, 1.54) is 0 Å². The number of anilines is 1. The summed E-state index contributed by atoms with van der Waals surface area (Å²) < 4.78 is 0. The quantitative estimate of drug-likeness (QED) is 0.569. The topological polar surface area (TPSA) is 37.4 Å². The maximum atomic E-state index is 12.5. The highest BCUT2D eigenvalue weighted by atomic mass is 16.2. The third-order valence-corrected chi connectivity index (χ3v) is 4.10. The molecule has 0 fully saturated rings. The van der Waals surface area contributed by atoms with E-state index in [9.17, 15) is 9.59 Å². The number of nitrogens with zero attached hydrogens (tertiary/aromatic N) is 1. The summed E-state index contributed by atoms with van der Waals surface area (Å²) in [6.45, 7) is 0.758. The van der Waals surface area contributed by atoms with Crippen molar-refractivity contribution >= 4 is 28.7 Å². The number of rotatable bonds is 7. The lowest BCUT2D eigenvalue weighted by Gasteiger charge is -2.17. The van der Waals surface area contributed by atoms with Crippen LogP contribution in [0.25, 0.3) is 10.8 Å². The van der Waals surface area contributed by atoms with Crippen molar-refractivity contribution in [1.82, 2.24) is 0 Å². The molecule has 0 saturated heterocycles. The van der Waals surface area contributed by atoms with Crippen molar-refractivity contribution in [2.45, 2.75) is 32.1 Å². The first-order valence-electron chi connectivity index (χ1n) is 7.60. The minimum Gasteiger partial charge on any atom is -0.308 e.